The summed E-state index contributed by atoms with van der Waals surface area (Å²) in [6.45, 7) is 5.24. The van der Waals surface area contributed by atoms with Crippen LogP contribution in [0.2, 0.25) is 0 Å². The van der Waals surface area contributed by atoms with Crippen LogP contribution in [0.1, 0.15) is 50.3 Å². The van der Waals surface area contributed by atoms with E-state index in [9.17, 15) is 19.2 Å². The van der Waals surface area contributed by atoms with E-state index in [1.807, 2.05) is 91.0 Å². The number of amides is 2. The molecule has 9 heteroatoms. The average Bonchev–Trinajstić information content (AvgIpc) is 2.97. The predicted octanol–water partition coefficient (Wildman–Crippen LogP) is 4.87. The molecule has 0 aliphatic heterocycles. The summed E-state index contributed by atoms with van der Waals surface area (Å²) in [7, 11) is 0. The van der Waals surface area contributed by atoms with Gasteiger partial charge in [-0.05, 0) is 43.9 Å². The molecule has 3 aromatic rings. The minimum atomic E-state index is -1.16. The van der Waals surface area contributed by atoms with Crippen molar-refractivity contribution in [1.29, 1.82) is 0 Å². The number of benzene rings is 3. The molecule has 3 rings (SSSR count). The van der Waals surface area contributed by atoms with Crippen molar-refractivity contribution in [3.05, 3.63) is 108 Å². The molecule has 0 unspecified atom stereocenters. The van der Waals surface area contributed by atoms with Gasteiger partial charge in [-0.15, -0.1) is 0 Å². The highest BCUT2D eigenvalue weighted by Crippen LogP contribution is 2.11. The van der Waals surface area contributed by atoms with Gasteiger partial charge in [-0.2, -0.15) is 0 Å². The number of hydrogen-bond donors (Lipinski definition) is 2. The molecule has 9 nitrogen and oxygen atoms in total. The smallest absolute Gasteiger partial charge is 0.408 e. The van der Waals surface area contributed by atoms with Crippen molar-refractivity contribution < 1.29 is 33.4 Å². The highest BCUT2D eigenvalue weighted by Gasteiger charge is 2.30. The van der Waals surface area contributed by atoms with E-state index in [4.69, 9.17) is 14.2 Å². The number of carbonyl (C=O) groups excluding carboxylic acids is 4. The Morgan fingerprint density at radius 1 is 0.667 bits per heavy atom. The molecule has 0 saturated heterocycles. The number of nitrogens with one attached hydrogen (secondary N) is 2. The van der Waals surface area contributed by atoms with Gasteiger partial charge in [-0.25, -0.2) is 9.59 Å². The van der Waals surface area contributed by atoms with Crippen LogP contribution in [0, 0.1) is 0 Å². The van der Waals surface area contributed by atoms with Crippen LogP contribution in [0.25, 0.3) is 0 Å². The summed E-state index contributed by atoms with van der Waals surface area (Å²) < 4.78 is 16.2. The van der Waals surface area contributed by atoms with Gasteiger partial charge in [0.2, 0.25) is 5.91 Å². The predicted molar refractivity (Wildman–Crippen MR) is 157 cm³/mol. The molecule has 0 aliphatic rings. The van der Waals surface area contributed by atoms with Crippen LogP contribution in [0.5, 0.6) is 0 Å². The van der Waals surface area contributed by atoms with Crippen LogP contribution in [-0.4, -0.2) is 41.6 Å². The molecule has 42 heavy (non-hydrogen) atoms. The number of hydrogen-bond acceptors (Lipinski definition) is 7. The molecule has 0 spiro atoms. The van der Waals surface area contributed by atoms with Gasteiger partial charge < -0.3 is 24.8 Å². The monoisotopic (exact) mass is 574 g/mol. The van der Waals surface area contributed by atoms with Crippen molar-refractivity contribution in [3.63, 3.8) is 0 Å². The normalized spacial score (nSPS) is 12.4. The molecule has 0 bridgehead atoms. The van der Waals surface area contributed by atoms with Gasteiger partial charge in [0.1, 0.15) is 30.9 Å². The first-order valence-electron chi connectivity index (χ1n) is 13.8. The highest BCUT2D eigenvalue weighted by atomic mass is 16.6. The largest absolute Gasteiger partial charge is 0.461 e. The summed E-state index contributed by atoms with van der Waals surface area (Å²) in [6.07, 6.45) is -0.818. The molecule has 0 heterocycles. The van der Waals surface area contributed by atoms with Crippen LogP contribution in [-0.2, 0) is 48.2 Å². The Balaban J connectivity index is 1.70. The molecular formula is C33H38N2O7. The quantitative estimate of drug-likeness (QED) is 0.221. The number of alkyl carbamates (subject to hydrolysis) is 1. The van der Waals surface area contributed by atoms with E-state index in [2.05, 4.69) is 10.6 Å². The Morgan fingerprint density at radius 3 is 1.69 bits per heavy atom. The molecule has 0 fully saturated rings. The third-order valence-electron chi connectivity index (χ3n) is 5.99. The van der Waals surface area contributed by atoms with Gasteiger partial charge in [0.15, 0.2) is 0 Å². The van der Waals surface area contributed by atoms with Gasteiger partial charge in [0.25, 0.3) is 0 Å². The zero-order chi connectivity index (χ0) is 30.4. The Bertz CT molecular complexity index is 1290. The van der Waals surface area contributed by atoms with Crippen LogP contribution in [0.15, 0.2) is 91.0 Å². The van der Waals surface area contributed by atoms with Crippen molar-refractivity contribution in [3.8, 4) is 0 Å². The summed E-state index contributed by atoms with van der Waals surface area (Å²) >= 11 is 0. The van der Waals surface area contributed by atoms with Crippen molar-refractivity contribution in [2.24, 2.45) is 0 Å². The lowest BCUT2D eigenvalue weighted by Crippen LogP contribution is -2.53. The first kappa shape index (κ1) is 31.9. The Hall–Kier alpha value is -4.66. The van der Waals surface area contributed by atoms with Gasteiger partial charge in [0, 0.05) is 12.8 Å². The molecular weight excluding hydrogens is 536 g/mol. The lowest BCUT2D eigenvalue weighted by atomic mass is 10.0. The minimum absolute atomic E-state index is 0.00585. The first-order chi connectivity index (χ1) is 20.1. The van der Waals surface area contributed by atoms with E-state index in [1.165, 1.54) is 0 Å². The van der Waals surface area contributed by atoms with Gasteiger partial charge in [0.05, 0.1) is 0 Å². The van der Waals surface area contributed by atoms with E-state index >= 15 is 0 Å². The number of rotatable bonds is 13. The third kappa shape index (κ3) is 11.8. The molecule has 0 saturated carbocycles. The third-order valence-corrected chi connectivity index (χ3v) is 5.99. The van der Waals surface area contributed by atoms with E-state index in [-0.39, 0.29) is 32.5 Å². The van der Waals surface area contributed by atoms with Crippen molar-refractivity contribution in [2.75, 3.05) is 0 Å². The summed E-state index contributed by atoms with van der Waals surface area (Å²) in [5, 5.41) is 5.29. The molecule has 2 atom stereocenters. The van der Waals surface area contributed by atoms with Crippen molar-refractivity contribution in [1.82, 2.24) is 10.6 Å². The maximum atomic E-state index is 13.5. The summed E-state index contributed by atoms with van der Waals surface area (Å²) in [6, 6.07) is 25.2. The van der Waals surface area contributed by atoms with Gasteiger partial charge in [-0.3, -0.25) is 9.59 Å². The molecule has 3 aromatic carbocycles. The molecule has 2 amide bonds. The standard InChI is InChI=1S/C33H38N2O7/c1-33(2,3)42-32(39)35-28(21-24-13-7-4-8-14-24)30(37)34-27(31(38)41-23-26-17-11-6-12-18-26)19-20-29(36)40-22-25-15-9-5-10-16-25/h4-18,27-28H,19-23H2,1-3H3,(H,34,37)(H,35,39)/t27-,28-/m0/s1. The second kappa shape index (κ2) is 16.0. The number of carbonyl (C=O) groups is 4. The zero-order valence-corrected chi connectivity index (χ0v) is 24.2. The molecule has 0 aromatic heterocycles. The van der Waals surface area contributed by atoms with Gasteiger partial charge in [-0.1, -0.05) is 91.0 Å². The van der Waals surface area contributed by atoms with E-state index in [0.717, 1.165) is 16.7 Å². The number of esters is 2. The van der Waals surface area contributed by atoms with Crippen molar-refractivity contribution in [2.45, 2.75) is 70.9 Å². The second-order valence-electron chi connectivity index (χ2n) is 10.7. The fourth-order valence-electron chi connectivity index (χ4n) is 3.93. The summed E-state index contributed by atoms with van der Waals surface area (Å²) in [5.41, 5.74) is 1.62. The minimum Gasteiger partial charge on any atom is -0.461 e. The van der Waals surface area contributed by atoms with Crippen molar-refractivity contribution >= 4 is 23.9 Å². The fraction of sp³-hybridized carbons (Fsp3) is 0.333. The van der Waals surface area contributed by atoms with Crippen LogP contribution in [0.3, 0.4) is 0 Å². The van der Waals surface area contributed by atoms with Crippen LogP contribution >= 0.6 is 0 Å². The van der Waals surface area contributed by atoms with E-state index < -0.39 is 41.6 Å². The first-order valence-corrected chi connectivity index (χ1v) is 13.8. The summed E-state index contributed by atoms with van der Waals surface area (Å²) in [4.78, 5) is 51.7. The van der Waals surface area contributed by atoms with Crippen LogP contribution in [0.4, 0.5) is 4.79 Å². The average molecular weight is 575 g/mol. The Morgan fingerprint density at radius 2 is 1.17 bits per heavy atom. The Labute approximate surface area is 246 Å². The highest BCUT2D eigenvalue weighted by molar-refractivity contribution is 5.90. The zero-order valence-electron chi connectivity index (χ0n) is 24.2. The summed E-state index contributed by atoms with van der Waals surface area (Å²) in [5.74, 6) is -1.86. The molecule has 222 valence electrons. The molecule has 0 aliphatic carbocycles. The maximum absolute atomic E-state index is 13.5. The van der Waals surface area contributed by atoms with E-state index in [1.54, 1.807) is 20.8 Å². The van der Waals surface area contributed by atoms with Crippen LogP contribution < -0.4 is 10.6 Å². The second-order valence-corrected chi connectivity index (χ2v) is 10.7. The van der Waals surface area contributed by atoms with Gasteiger partial charge >= 0.3 is 18.0 Å². The topological polar surface area (TPSA) is 120 Å². The maximum Gasteiger partial charge on any atom is 0.408 e. The lowest BCUT2D eigenvalue weighted by Gasteiger charge is -2.25. The number of ether oxygens (including phenoxy) is 3. The Kier molecular flexibility index (Phi) is 12.1. The SMILES string of the molecule is CC(C)(C)OC(=O)N[C@@H](Cc1ccccc1)C(=O)N[C@@H](CCC(=O)OCc1ccccc1)C(=O)OCc1ccccc1. The van der Waals surface area contributed by atoms with E-state index in [0.29, 0.717) is 0 Å². The molecule has 2 N–H and O–H groups in total. The molecule has 0 radical (unpaired) electrons. The lowest BCUT2D eigenvalue weighted by molar-refractivity contribution is -0.150. The fourth-order valence-corrected chi connectivity index (χ4v) is 3.93.